The fraction of sp³-hybridized carbons (Fsp3) is 0.333. The molecule has 0 radical (unpaired) electrons. The van der Waals surface area contributed by atoms with Crippen LogP contribution >= 0.6 is 0 Å². The Labute approximate surface area is 112 Å². The SMILES string of the molecule is COc1cc(C)c2c(c1)c(C(=O)CC#N)c(C)n2C. The first kappa shape index (κ1) is 13.2. The van der Waals surface area contributed by atoms with Crippen molar-refractivity contribution in [3.63, 3.8) is 0 Å². The van der Waals surface area contributed by atoms with Crippen molar-refractivity contribution in [2.75, 3.05) is 7.11 Å². The molecule has 0 amide bonds. The maximum atomic E-state index is 12.1. The van der Waals surface area contributed by atoms with Crippen molar-refractivity contribution in [3.8, 4) is 11.8 Å². The Kier molecular flexibility index (Phi) is 3.30. The van der Waals surface area contributed by atoms with E-state index in [9.17, 15) is 4.79 Å². The number of Topliss-reactive ketones (excluding diaryl/α,β-unsaturated/α-hetero) is 1. The van der Waals surface area contributed by atoms with Crippen molar-refractivity contribution < 1.29 is 9.53 Å². The van der Waals surface area contributed by atoms with Crippen LogP contribution in [0.1, 0.15) is 28.0 Å². The Hall–Kier alpha value is -2.28. The minimum absolute atomic E-state index is 0.101. The van der Waals surface area contributed by atoms with E-state index in [1.807, 2.05) is 43.7 Å². The van der Waals surface area contributed by atoms with E-state index in [0.717, 1.165) is 27.9 Å². The summed E-state index contributed by atoms with van der Waals surface area (Å²) in [6.07, 6.45) is -0.101. The summed E-state index contributed by atoms with van der Waals surface area (Å²) < 4.78 is 7.26. The first-order valence-corrected chi connectivity index (χ1v) is 6.05. The second kappa shape index (κ2) is 4.77. The summed E-state index contributed by atoms with van der Waals surface area (Å²) in [6, 6.07) is 5.73. The zero-order chi connectivity index (χ0) is 14.2. The molecule has 2 aromatic rings. The molecule has 0 bridgehead atoms. The number of rotatable bonds is 3. The maximum absolute atomic E-state index is 12.1. The van der Waals surface area contributed by atoms with Crippen LogP contribution in [0.2, 0.25) is 0 Å². The van der Waals surface area contributed by atoms with Gasteiger partial charge in [-0.25, -0.2) is 0 Å². The van der Waals surface area contributed by atoms with Gasteiger partial charge >= 0.3 is 0 Å². The van der Waals surface area contributed by atoms with E-state index in [2.05, 4.69) is 0 Å². The summed E-state index contributed by atoms with van der Waals surface area (Å²) >= 11 is 0. The Bertz CT molecular complexity index is 705. The van der Waals surface area contributed by atoms with Crippen LogP contribution in [0.3, 0.4) is 0 Å². The van der Waals surface area contributed by atoms with E-state index in [-0.39, 0.29) is 12.2 Å². The minimum Gasteiger partial charge on any atom is -0.497 e. The number of aromatic nitrogens is 1. The van der Waals surface area contributed by atoms with Crippen LogP contribution < -0.4 is 4.74 Å². The molecular formula is C15H16N2O2. The summed E-state index contributed by atoms with van der Waals surface area (Å²) in [5.41, 5.74) is 3.57. The number of methoxy groups -OCH3 is 1. The molecule has 4 nitrogen and oxygen atoms in total. The number of fused-ring (bicyclic) bond motifs is 1. The number of nitriles is 1. The maximum Gasteiger partial charge on any atom is 0.179 e. The number of ether oxygens (including phenoxy) is 1. The molecule has 98 valence electrons. The van der Waals surface area contributed by atoms with Crippen molar-refractivity contribution in [2.45, 2.75) is 20.3 Å². The van der Waals surface area contributed by atoms with E-state index in [4.69, 9.17) is 10.00 Å². The number of ketones is 1. The Morgan fingerprint density at radius 2 is 2.11 bits per heavy atom. The van der Waals surface area contributed by atoms with Crippen LogP contribution in [-0.2, 0) is 7.05 Å². The number of hydrogen-bond acceptors (Lipinski definition) is 3. The van der Waals surface area contributed by atoms with Gasteiger partial charge in [0.25, 0.3) is 0 Å². The average Bonchev–Trinajstić information content (AvgIpc) is 2.62. The van der Waals surface area contributed by atoms with Gasteiger partial charge in [-0.15, -0.1) is 0 Å². The third-order valence-electron chi connectivity index (χ3n) is 3.50. The third kappa shape index (κ3) is 1.97. The van der Waals surface area contributed by atoms with Crippen LogP contribution in [0, 0.1) is 25.2 Å². The number of nitrogens with zero attached hydrogens (tertiary/aromatic N) is 2. The molecule has 0 N–H and O–H groups in total. The lowest BCUT2D eigenvalue weighted by molar-refractivity contribution is 0.0998. The molecule has 4 heteroatoms. The Morgan fingerprint density at radius 3 is 2.68 bits per heavy atom. The van der Waals surface area contributed by atoms with Crippen LogP contribution in [0.15, 0.2) is 12.1 Å². The molecule has 1 aromatic heterocycles. The number of hydrogen-bond donors (Lipinski definition) is 0. The highest BCUT2D eigenvalue weighted by atomic mass is 16.5. The van der Waals surface area contributed by atoms with Crippen molar-refractivity contribution in [1.82, 2.24) is 4.57 Å². The number of aryl methyl sites for hydroxylation is 2. The van der Waals surface area contributed by atoms with Crippen LogP contribution in [0.4, 0.5) is 0 Å². The first-order valence-electron chi connectivity index (χ1n) is 6.05. The molecule has 1 aromatic carbocycles. The molecule has 0 aliphatic heterocycles. The molecule has 1 heterocycles. The number of benzene rings is 1. The zero-order valence-corrected chi connectivity index (χ0v) is 11.6. The smallest absolute Gasteiger partial charge is 0.179 e. The molecule has 2 rings (SSSR count). The highest BCUT2D eigenvalue weighted by Gasteiger charge is 2.20. The zero-order valence-electron chi connectivity index (χ0n) is 11.6. The van der Waals surface area contributed by atoms with E-state index in [1.165, 1.54) is 0 Å². The normalized spacial score (nSPS) is 10.5. The van der Waals surface area contributed by atoms with Crippen LogP contribution in [-0.4, -0.2) is 17.5 Å². The average molecular weight is 256 g/mol. The molecule has 0 saturated carbocycles. The van der Waals surface area contributed by atoms with Crippen molar-refractivity contribution >= 4 is 16.7 Å². The molecule has 0 saturated heterocycles. The first-order chi connectivity index (χ1) is 9.01. The van der Waals surface area contributed by atoms with Gasteiger partial charge in [0, 0.05) is 23.7 Å². The van der Waals surface area contributed by atoms with E-state index in [0.29, 0.717) is 5.56 Å². The lowest BCUT2D eigenvalue weighted by Gasteiger charge is -2.05. The summed E-state index contributed by atoms with van der Waals surface area (Å²) in [7, 11) is 3.54. The molecule has 0 fully saturated rings. The molecule has 0 spiro atoms. The van der Waals surface area contributed by atoms with Gasteiger partial charge in [0.1, 0.15) is 5.75 Å². The van der Waals surface area contributed by atoms with E-state index >= 15 is 0 Å². The minimum atomic E-state index is -0.141. The predicted octanol–water partition coefficient (Wildman–Crippen LogP) is 2.90. The molecule has 19 heavy (non-hydrogen) atoms. The summed E-state index contributed by atoms with van der Waals surface area (Å²) in [5, 5.41) is 9.58. The lowest BCUT2D eigenvalue weighted by Crippen LogP contribution is -2.00. The van der Waals surface area contributed by atoms with E-state index < -0.39 is 0 Å². The monoisotopic (exact) mass is 256 g/mol. The topological polar surface area (TPSA) is 55.0 Å². The summed E-state index contributed by atoms with van der Waals surface area (Å²) in [6.45, 7) is 3.89. The Morgan fingerprint density at radius 1 is 1.42 bits per heavy atom. The molecule has 0 aliphatic carbocycles. The Balaban J connectivity index is 2.84. The van der Waals surface area contributed by atoms with Gasteiger partial charge < -0.3 is 9.30 Å². The molecule has 0 aliphatic rings. The van der Waals surface area contributed by atoms with Gasteiger partial charge in [-0.1, -0.05) is 0 Å². The highest BCUT2D eigenvalue weighted by molar-refractivity contribution is 6.11. The van der Waals surface area contributed by atoms with Crippen molar-refractivity contribution in [3.05, 3.63) is 29.0 Å². The largest absolute Gasteiger partial charge is 0.497 e. The fourth-order valence-corrected chi connectivity index (χ4v) is 2.54. The van der Waals surface area contributed by atoms with Gasteiger partial charge in [-0.05, 0) is 31.5 Å². The van der Waals surface area contributed by atoms with Gasteiger partial charge in [0.15, 0.2) is 5.78 Å². The second-order valence-electron chi connectivity index (χ2n) is 4.62. The number of carbonyl (C=O) groups is 1. The standard InChI is InChI=1S/C15H16N2O2/c1-9-7-11(19-4)8-12-14(13(18)5-6-16)10(2)17(3)15(9)12/h7-8H,5H2,1-4H3. The third-order valence-corrected chi connectivity index (χ3v) is 3.50. The van der Waals surface area contributed by atoms with Crippen molar-refractivity contribution in [2.24, 2.45) is 7.05 Å². The van der Waals surface area contributed by atoms with Crippen LogP contribution in [0.25, 0.3) is 10.9 Å². The second-order valence-corrected chi connectivity index (χ2v) is 4.62. The number of carbonyl (C=O) groups excluding carboxylic acids is 1. The summed E-state index contributed by atoms with van der Waals surface area (Å²) in [5.74, 6) is 0.583. The van der Waals surface area contributed by atoms with Gasteiger partial charge in [0.05, 0.1) is 25.1 Å². The van der Waals surface area contributed by atoms with Gasteiger partial charge in [0.2, 0.25) is 0 Å². The fourth-order valence-electron chi connectivity index (χ4n) is 2.54. The van der Waals surface area contributed by atoms with Crippen LogP contribution in [0.5, 0.6) is 5.75 Å². The summed E-state index contributed by atoms with van der Waals surface area (Å²) in [4.78, 5) is 12.1. The highest BCUT2D eigenvalue weighted by Crippen LogP contribution is 2.32. The molecular weight excluding hydrogens is 240 g/mol. The van der Waals surface area contributed by atoms with Gasteiger partial charge in [-0.3, -0.25) is 4.79 Å². The van der Waals surface area contributed by atoms with Gasteiger partial charge in [-0.2, -0.15) is 5.26 Å². The quantitative estimate of drug-likeness (QED) is 0.793. The lowest BCUT2D eigenvalue weighted by atomic mass is 10.0. The van der Waals surface area contributed by atoms with E-state index in [1.54, 1.807) is 7.11 Å². The predicted molar refractivity (Wildman–Crippen MR) is 73.5 cm³/mol. The van der Waals surface area contributed by atoms with Crippen molar-refractivity contribution in [1.29, 1.82) is 5.26 Å². The molecule has 0 unspecified atom stereocenters. The molecule has 0 atom stereocenters.